The summed E-state index contributed by atoms with van der Waals surface area (Å²) in [5.41, 5.74) is 0. The van der Waals surface area contributed by atoms with Crippen LogP contribution in [0.2, 0.25) is 0 Å². The number of nitrogens with zero attached hydrogens (tertiary/aromatic N) is 1. The Morgan fingerprint density at radius 1 is 0.385 bits per heavy atom. The first-order valence-electron chi connectivity index (χ1n) is 33.3. The third-order valence-corrected chi connectivity index (χ3v) is 14.8. The molecule has 0 amide bonds. The molecule has 2 atom stereocenters. The second-order valence-corrected chi connectivity index (χ2v) is 23.8. The number of ether oxygens (including phenoxy) is 4. The van der Waals surface area contributed by atoms with Crippen molar-refractivity contribution in [3.05, 3.63) is 48.6 Å². The molecule has 0 saturated carbocycles. The van der Waals surface area contributed by atoms with E-state index in [0.29, 0.717) is 17.4 Å². The van der Waals surface area contributed by atoms with Crippen LogP contribution >= 0.6 is 0 Å². The maximum absolute atomic E-state index is 12.9. The lowest BCUT2D eigenvalue weighted by molar-refractivity contribution is -0.870. The SMILES string of the molecule is CCCCCCC/C=C\C/C=C\C/C=C\CCCCCCCCCCCCCCCCCCCCCCCCC(=O)OC(COC(=O)CCCCCCC/C=C\CCCCCCCCC)COC(OCC[N+](C)(C)C)C(=O)[O-]. The van der Waals surface area contributed by atoms with Crippen LogP contribution in [0.4, 0.5) is 0 Å². The predicted molar refractivity (Wildman–Crippen MR) is 329 cm³/mol. The Balaban J connectivity index is 4.01. The zero-order valence-corrected chi connectivity index (χ0v) is 52.0. The molecule has 0 aromatic rings. The van der Waals surface area contributed by atoms with Crippen LogP contribution in [0.15, 0.2) is 48.6 Å². The number of carbonyl (C=O) groups excluding carboxylic acids is 3. The van der Waals surface area contributed by atoms with E-state index in [4.69, 9.17) is 18.9 Å². The first-order chi connectivity index (χ1) is 38.1. The number of hydrogen-bond acceptors (Lipinski definition) is 8. The summed E-state index contributed by atoms with van der Waals surface area (Å²) < 4.78 is 22.7. The Hall–Kier alpha value is -2.75. The van der Waals surface area contributed by atoms with Crippen molar-refractivity contribution in [1.29, 1.82) is 0 Å². The van der Waals surface area contributed by atoms with Crippen LogP contribution in [-0.2, 0) is 33.3 Å². The molecule has 456 valence electrons. The summed E-state index contributed by atoms with van der Waals surface area (Å²) >= 11 is 0. The molecule has 0 fully saturated rings. The molecule has 0 aliphatic carbocycles. The van der Waals surface area contributed by atoms with Crippen molar-refractivity contribution >= 4 is 17.9 Å². The fourth-order valence-electron chi connectivity index (χ4n) is 9.66. The van der Waals surface area contributed by atoms with Gasteiger partial charge in [0.05, 0.1) is 40.3 Å². The highest BCUT2D eigenvalue weighted by Crippen LogP contribution is 2.18. The number of allylic oxidation sites excluding steroid dienone is 8. The Kier molecular flexibility index (Phi) is 58.2. The van der Waals surface area contributed by atoms with Crippen LogP contribution in [0.25, 0.3) is 0 Å². The smallest absolute Gasteiger partial charge is 0.306 e. The van der Waals surface area contributed by atoms with Gasteiger partial charge in [-0.15, -0.1) is 0 Å². The molecule has 0 bridgehead atoms. The average Bonchev–Trinajstić information content (AvgIpc) is 3.41. The minimum Gasteiger partial charge on any atom is -0.545 e. The normalized spacial score (nSPS) is 13.0. The van der Waals surface area contributed by atoms with E-state index in [0.717, 1.165) is 64.2 Å². The highest BCUT2D eigenvalue weighted by molar-refractivity contribution is 5.70. The van der Waals surface area contributed by atoms with Gasteiger partial charge in [-0.05, 0) is 77.0 Å². The molecule has 0 aliphatic rings. The van der Waals surface area contributed by atoms with Gasteiger partial charge < -0.3 is 33.3 Å². The molecule has 0 spiro atoms. The van der Waals surface area contributed by atoms with Crippen molar-refractivity contribution in [2.75, 3.05) is 47.5 Å². The maximum atomic E-state index is 12.9. The molecule has 0 N–H and O–H groups in total. The summed E-state index contributed by atoms with van der Waals surface area (Å²) in [5, 5.41) is 11.8. The third-order valence-electron chi connectivity index (χ3n) is 14.8. The van der Waals surface area contributed by atoms with Gasteiger partial charge in [0.15, 0.2) is 12.4 Å². The minimum absolute atomic E-state index is 0.148. The van der Waals surface area contributed by atoms with Crippen molar-refractivity contribution in [3.63, 3.8) is 0 Å². The zero-order valence-electron chi connectivity index (χ0n) is 52.0. The van der Waals surface area contributed by atoms with Gasteiger partial charge in [-0.1, -0.05) is 274 Å². The number of carbonyl (C=O) groups is 3. The Morgan fingerprint density at radius 2 is 0.692 bits per heavy atom. The maximum Gasteiger partial charge on any atom is 0.306 e. The topological polar surface area (TPSA) is 111 Å². The minimum atomic E-state index is -1.62. The van der Waals surface area contributed by atoms with Gasteiger partial charge in [0.2, 0.25) is 0 Å². The number of hydrogen-bond donors (Lipinski definition) is 0. The van der Waals surface area contributed by atoms with Crippen molar-refractivity contribution in [3.8, 4) is 0 Å². The number of likely N-dealkylation sites (N-methyl/N-ethyl adjacent to an activating group) is 1. The number of esters is 2. The third kappa shape index (κ3) is 60.9. The van der Waals surface area contributed by atoms with E-state index < -0.39 is 24.3 Å². The van der Waals surface area contributed by atoms with Gasteiger partial charge in [-0.3, -0.25) is 9.59 Å². The Morgan fingerprint density at radius 3 is 1.04 bits per heavy atom. The van der Waals surface area contributed by atoms with Crippen molar-refractivity contribution in [2.45, 2.75) is 328 Å². The molecule has 0 saturated heterocycles. The zero-order chi connectivity index (χ0) is 56.9. The molecular formula is C69H127NO8. The average molecular weight is 1100 g/mol. The second kappa shape index (κ2) is 60.3. The van der Waals surface area contributed by atoms with Gasteiger partial charge in [0.25, 0.3) is 0 Å². The van der Waals surface area contributed by atoms with Gasteiger partial charge in [-0.2, -0.15) is 0 Å². The van der Waals surface area contributed by atoms with Gasteiger partial charge in [-0.25, -0.2) is 0 Å². The largest absolute Gasteiger partial charge is 0.545 e. The monoisotopic (exact) mass is 1100 g/mol. The van der Waals surface area contributed by atoms with Crippen LogP contribution < -0.4 is 5.11 Å². The Bertz CT molecular complexity index is 1420. The van der Waals surface area contributed by atoms with E-state index in [1.54, 1.807) is 0 Å². The molecule has 0 aromatic heterocycles. The molecule has 9 nitrogen and oxygen atoms in total. The first-order valence-corrected chi connectivity index (χ1v) is 33.3. The summed E-state index contributed by atoms with van der Waals surface area (Å²) in [5.74, 6) is -2.28. The van der Waals surface area contributed by atoms with Gasteiger partial charge >= 0.3 is 11.9 Å². The van der Waals surface area contributed by atoms with Crippen molar-refractivity contribution in [1.82, 2.24) is 0 Å². The summed E-state index contributed by atoms with van der Waals surface area (Å²) in [6.07, 6.45) is 73.4. The second-order valence-electron chi connectivity index (χ2n) is 23.8. The molecule has 0 radical (unpaired) electrons. The highest BCUT2D eigenvalue weighted by atomic mass is 16.7. The first kappa shape index (κ1) is 75.2. The molecule has 0 aromatic carbocycles. The Labute approximate surface area is 482 Å². The molecular weight excluding hydrogens is 971 g/mol. The number of carboxylic acid groups (broad SMARTS) is 1. The number of quaternary nitrogens is 1. The van der Waals surface area contributed by atoms with E-state index in [-0.39, 0.29) is 38.6 Å². The van der Waals surface area contributed by atoms with Crippen molar-refractivity contribution < 1.29 is 42.9 Å². The summed E-state index contributed by atoms with van der Waals surface area (Å²) in [4.78, 5) is 37.3. The van der Waals surface area contributed by atoms with E-state index >= 15 is 0 Å². The van der Waals surface area contributed by atoms with Crippen molar-refractivity contribution in [2.24, 2.45) is 0 Å². The van der Waals surface area contributed by atoms with Crippen LogP contribution in [-0.4, -0.2) is 82.3 Å². The lowest BCUT2D eigenvalue weighted by Crippen LogP contribution is -2.44. The number of rotatable bonds is 62. The summed E-state index contributed by atoms with van der Waals surface area (Å²) in [6, 6.07) is 0. The summed E-state index contributed by atoms with van der Waals surface area (Å²) in [6.45, 7) is 4.76. The van der Waals surface area contributed by atoms with E-state index in [1.807, 2.05) is 21.1 Å². The quantitative estimate of drug-likeness (QED) is 0.0195. The molecule has 9 heteroatoms. The van der Waals surface area contributed by atoms with E-state index in [1.165, 1.54) is 218 Å². The highest BCUT2D eigenvalue weighted by Gasteiger charge is 2.22. The lowest BCUT2D eigenvalue weighted by atomic mass is 10.0. The molecule has 2 unspecified atom stereocenters. The van der Waals surface area contributed by atoms with Gasteiger partial charge in [0.1, 0.15) is 13.2 Å². The molecule has 0 heterocycles. The number of carboxylic acids is 1. The van der Waals surface area contributed by atoms with E-state index in [2.05, 4.69) is 62.5 Å². The van der Waals surface area contributed by atoms with Crippen LogP contribution in [0, 0.1) is 0 Å². The van der Waals surface area contributed by atoms with Gasteiger partial charge in [0, 0.05) is 12.8 Å². The standard InChI is InChI=1S/C69H127NO8/c1-6-8-10-12-14-16-18-20-22-24-25-26-27-28-29-30-31-32-33-34-35-36-37-38-39-40-41-42-43-44-46-48-50-52-54-56-58-60-67(72)78-65(64-77-69(68(73)74)75-62-61-70(3,4)5)63-76-66(71)59-57-55-53-51-49-47-45-23-21-19-17-15-13-11-9-7-2/h18,20,23-25,27-28,45,65,69H,6-17,19,21-22,26,29-44,46-64H2,1-5H3/b20-18-,25-24-,28-27-,45-23-. The number of unbranched alkanes of at least 4 members (excludes halogenated alkanes) is 39. The lowest BCUT2D eigenvalue weighted by Gasteiger charge is -2.26. The molecule has 0 rings (SSSR count). The molecule has 0 aliphatic heterocycles. The summed E-state index contributed by atoms with van der Waals surface area (Å²) in [7, 11) is 5.93. The van der Waals surface area contributed by atoms with E-state index in [9.17, 15) is 19.5 Å². The fourth-order valence-corrected chi connectivity index (χ4v) is 9.66. The fraction of sp³-hybridized carbons (Fsp3) is 0.841. The predicted octanol–water partition coefficient (Wildman–Crippen LogP) is 18.9. The number of aliphatic carboxylic acids is 1. The van der Waals surface area contributed by atoms with Crippen LogP contribution in [0.1, 0.15) is 316 Å². The van der Waals surface area contributed by atoms with Crippen LogP contribution in [0.3, 0.4) is 0 Å². The van der Waals surface area contributed by atoms with Crippen LogP contribution in [0.5, 0.6) is 0 Å². The molecule has 78 heavy (non-hydrogen) atoms.